The van der Waals surface area contributed by atoms with E-state index < -0.39 is 11.7 Å². The van der Waals surface area contributed by atoms with Gasteiger partial charge in [0.1, 0.15) is 11.6 Å². The molecule has 1 rings (SSSR count). The van der Waals surface area contributed by atoms with Crippen LogP contribution in [0.3, 0.4) is 0 Å². The van der Waals surface area contributed by atoms with Crippen molar-refractivity contribution in [2.24, 2.45) is 5.73 Å². The average molecular weight is 212 g/mol. The summed E-state index contributed by atoms with van der Waals surface area (Å²) in [6.07, 6.45) is 0.644. The van der Waals surface area contributed by atoms with Gasteiger partial charge in [0.05, 0.1) is 5.56 Å². The number of carbonyl (C=O) groups excluding carboxylic acids is 1. The second-order valence-electron chi connectivity index (χ2n) is 3.06. The molecular formula is C10H13FN2O2. The number of hydrogen-bond acceptors (Lipinski definition) is 3. The Bertz CT molecular complexity index is 355. The molecule has 4 N–H and O–H groups in total. The van der Waals surface area contributed by atoms with E-state index >= 15 is 0 Å². The van der Waals surface area contributed by atoms with Crippen LogP contribution >= 0.6 is 0 Å². The van der Waals surface area contributed by atoms with E-state index in [4.69, 9.17) is 10.8 Å². The monoisotopic (exact) mass is 212 g/mol. The third-order valence-electron chi connectivity index (χ3n) is 1.86. The molecule has 15 heavy (non-hydrogen) atoms. The Hall–Kier alpha value is -1.62. The van der Waals surface area contributed by atoms with E-state index in [1.165, 1.54) is 12.1 Å². The summed E-state index contributed by atoms with van der Waals surface area (Å²) in [7, 11) is 0. The number of amides is 1. The topological polar surface area (TPSA) is 75.3 Å². The number of halogens is 1. The summed E-state index contributed by atoms with van der Waals surface area (Å²) < 4.78 is 13.2. The number of nitrogens with one attached hydrogen (secondary N) is 1. The van der Waals surface area contributed by atoms with Crippen molar-refractivity contribution >= 4 is 5.91 Å². The largest absolute Gasteiger partial charge is 0.508 e. The van der Waals surface area contributed by atoms with Gasteiger partial charge < -0.3 is 16.2 Å². The highest BCUT2D eigenvalue weighted by molar-refractivity contribution is 5.94. The Kier molecular flexibility index (Phi) is 4.05. The van der Waals surface area contributed by atoms with E-state index in [9.17, 15) is 9.18 Å². The molecule has 0 unspecified atom stereocenters. The smallest absolute Gasteiger partial charge is 0.254 e. The molecule has 0 fully saturated rings. The maximum absolute atomic E-state index is 13.2. The molecule has 0 saturated heterocycles. The van der Waals surface area contributed by atoms with Crippen LogP contribution in [0.5, 0.6) is 5.75 Å². The number of benzene rings is 1. The molecule has 0 aliphatic rings. The van der Waals surface area contributed by atoms with Gasteiger partial charge in [-0.1, -0.05) is 0 Å². The summed E-state index contributed by atoms with van der Waals surface area (Å²) in [5.41, 5.74) is 5.17. The van der Waals surface area contributed by atoms with E-state index in [1.54, 1.807) is 0 Å². The highest BCUT2D eigenvalue weighted by Crippen LogP contribution is 2.14. The molecule has 0 bridgehead atoms. The first kappa shape index (κ1) is 11.5. The fourth-order valence-electron chi connectivity index (χ4n) is 1.09. The summed E-state index contributed by atoms with van der Waals surface area (Å²) in [6.45, 7) is 0.883. The van der Waals surface area contributed by atoms with Crippen LogP contribution in [0.15, 0.2) is 18.2 Å². The summed E-state index contributed by atoms with van der Waals surface area (Å²) in [6, 6.07) is 3.40. The van der Waals surface area contributed by atoms with E-state index in [2.05, 4.69) is 5.32 Å². The Balaban J connectivity index is 2.65. The van der Waals surface area contributed by atoms with Crippen LogP contribution in [0.4, 0.5) is 4.39 Å². The minimum absolute atomic E-state index is 0.0789. The lowest BCUT2D eigenvalue weighted by molar-refractivity contribution is 0.0949. The van der Waals surface area contributed by atoms with Gasteiger partial charge in [0.25, 0.3) is 5.91 Å². The molecule has 4 nitrogen and oxygen atoms in total. The third-order valence-corrected chi connectivity index (χ3v) is 1.86. The zero-order valence-electron chi connectivity index (χ0n) is 8.16. The molecule has 0 aromatic heterocycles. The molecule has 5 heteroatoms. The van der Waals surface area contributed by atoms with E-state index in [1.807, 2.05) is 0 Å². The van der Waals surface area contributed by atoms with Crippen molar-refractivity contribution < 1.29 is 14.3 Å². The summed E-state index contributed by atoms with van der Waals surface area (Å²) in [5, 5.41) is 11.5. The fourth-order valence-corrected chi connectivity index (χ4v) is 1.09. The van der Waals surface area contributed by atoms with E-state index in [0.717, 1.165) is 6.07 Å². The highest BCUT2D eigenvalue weighted by Gasteiger charge is 2.10. The Labute approximate surface area is 86.9 Å². The fraction of sp³-hybridized carbons (Fsp3) is 0.300. The van der Waals surface area contributed by atoms with Crippen LogP contribution in [0, 0.1) is 5.82 Å². The van der Waals surface area contributed by atoms with Gasteiger partial charge in [0.2, 0.25) is 0 Å². The van der Waals surface area contributed by atoms with Crippen LogP contribution < -0.4 is 11.1 Å². The highest BCUT2D eigenvalue weighted by atomic mass is 19.1. The van der Waals surface area contributed by atoms with Crippen LogP contribution in [-0.4, -0.2) is 24.1 Å². The van der Waals surface area contributed by atoms with Gasteiger partial charge in [-0.05, 0) is 25.1 Å². The van der Waals surface area contributed by atoms with Gasteiger partial charge >= 0.3 is 0 Å². The number of nitrogens with two attached hydrogens (primary N) is 1. The van der Waals surface area contributed by atoms with Crippen molar-refractivity contribution in [2.45, 2.75) is 6.42 Å². The molecule has 0 aliphatic carbocycles. The van der Waals surface area contributed by atoms with Crippen LogP contribution in [0.2, 0.25) is 0 Å². The lowest BCUT2D eigenvalue weighted by Crippen LogP contribution is -2.26. The Morgan fingerprint density at radius 3 is 2.87 bits per heavy atom. The number of rotatable bonds is 4. The standard InChI is InChI=1S/C10H13FN2O2/c11-9-6-7(14)2-3-8(9)10(15)13-5-1-4-12/h2-3,6,14H,1,4-5,12H2,(H,13,15). The second-order valence-corrected chi connectivity index (χ2v) is 3.06. The van der Waals surface area contributed by atoms with Crippen molar-refractivity contribution in [1.29, 1.82) is 0 Å². The number of carbonyl (C=O) groups is 1. The third kappa shape index (κ3) is 3.21. The zero-order valence-corrected chi connectivity index (χ0v) is 8.16. The summed E-state index contributed by atoms with van der Waals surface area (Å²) >= 11 is 0. The van der Waals surface area contributed by atoms with Crippen molar-refractivity contribution in [2.75, 3.05) is 13.1 Å². The van der Waals surface area contributed by atoms with Gasteiger partial charge in [0.15, 0.2) is 0 Å². The number of aromatic hydroxyl groups is 1. The van der Waals surface area contributed by atoms with Gasteiger partial charge in [-0.2, -0.15) is 0 Å². The molecule has 0 spiro atoms. The van der Waals surface area contributed by atoms with Gasteiger partial charge in [-0.15, -0.1) is 0 Å². The zero-order chi connectivity index (χ0) is 11.3. The first-order valence-electron chi connectivity index (χ1n) is 4.62. The maximum Gasteiger partial charge on any atom is 0.254 e. The molecule has 1 aromatic rings. The van der Waals surface area contributed by atoms with Crippen molar-refractivity contribution in [3.8, 4) is 5.75 Å². The van der Waals surface area contributed by atoms with Crippen molar-refractivity contribution in [3.05, 3.63) is 29.6 Å². The predicted molar refractivity (Wildman–Crippen MR) is 54.1 cm³/mol. The second kappa shape index (κ2) is 5.31. The molecule has 0 radical (unpaired) electrons. The summed E-state index contributed by atoms with van der Waals surface area (Å²) in [4.78, 5) is 11.4. The molecule has 1 aromatic carbocycles. The molecular weight excluding hydrogens is 199 g/mol. The molecule has 1 amide bonds. The summed E-state index contributed by atoms with van der Waals surface area (Å²) in [5.74, 6) is -1.44. The quantitative estimate of drug-likeness (QED) is 0.640. The Morgan fingerprint density at radius 2 is 2.27 bits per heavy atom. The molecule has 0 aliphatic heterocycles. The average Bonchev–Trinajstić information content (AvgIpc) is 2.17. The Morgan fingerprint density at radius 1 is 1.53 bits per heavy atom. The first-order valence-corrected chi connectivity index (χ1v) is 4.62. The normalized spacial score (nSPS) is 10.0. The van der Waals surface area contributed by atoms with Crippen LogP contribution in [0.25, 0.3) is 0 Å². The van der Waals surface area contributed by atoms with Crippen molar-refractivity contribution in [3.63, 3.8) is 0 Å². The first-order chi connectivity index (χ1) is 7.15. The molecule has 82 valence electrons. The van der Waals surface area contributed by atoms with E-state index in [0.29, 0.717) is 19.5 Å². The van der Waals surface area contributed by atoms with Crippen LogP contribution in [-0.2, 0) is 0 Å². The maximum atomic E-state index is 13.2. The molecule has 0 heterocycles. The predicted octanol–water partition coefficient (Wildman–Crippen LogP) is 0.610. The minimum Gasteiger partial charge on any atom is -0.508 e. The van der Waals surface area contributed by atoms with Crippen LogP contribution in [0.1, 0.15) is 16.8 Å². The lowest BCUT2D eigenvalue weighted by Gasteiger charge is -2.05. The minimum atomic E-state index is -0.736. The SMILES string of the molecule is NCCCNC(=O)c1ccc(O)cc1F. The number of phenolic OH excluding ortho intramolecular Hbond substituents is 1. The van der Waals surface area contributed by atoms with Gasteiger partial charge in [-0.3, -0.25) is 4.79 Å². The van der Waals surface area contributed by atoms with Gasteiger partial charge in [-0.25, -0.2) is 4.39 Å². The van der Waals surface area contributed by atoms with Crippen molar-refractivity contribution in [1.82, 2.24) is 5.32 Å². The van der Waals surface area contributed by atoms with Gasteiger partial charge in [0, 0.05) is 12.6 Å². The number of hydrogen-bond donors (Lipinski definition) is 3. The molecule has 0 atom stereocenters. The molecule has 0 saturated carbocycles. The lowest BCUT2D eigenvalue weighted by atomic mass is 10.2. The number of phenols is 1. The van der Waals surface area contributed by atoms with E-state index in [-0.39, 0.29) is 11.3 Å².